The molecule has 0 amide bonds. The lowest BCUT2D eigenvalue weighted by atomic mass is 10.3. The smallest absolute Gasteiger partial charge is 0.121 e. The molecular weight excluding hydrogens is 318 g/mol. The minimum atomic E-state index is 0.677. The highest BCUT2D eigenvalue weighted by Gasteiger charge is 2.11. The van der Waals surface area contributed by atoms with Crippen LogP contribution in [0.15, 0.2) is 28.7 Å². The molecule has 0 atom stereocenters. The molecule has 2 rings (SSSR count). The fraction of sp³-hybridized carbons (Fsp3) is 0.400. The van der Waals surface area contributed by atoms with E-state index in [1.165, 1.54) is 0 Å². The van der Waals surface area contributed by atoms with E-state index >= 15 is 0 Å². The van der Waals surface area contributed by atoms with E-state index in [-0.39, 0.29) is 0 Å². The first-order chi connectivity index (χ1) is 9.65. The zero-order chi connectivity index (χ0) is 14.5. The fourth-order valence-electron chi connectivity index (χ4n) is 2.09. The number of benzene rings is 1. The second-order valence-electron chi connectivity index (χ2n) is 4.48. The van der Waals surface area contributed by atoms with E-state index < -0.39 is 0 Å². The van der Waals surface area contributed by atoms with Gasteiger partial charge in [-0.3, -0.25) is 4.68 Å². The van der Waals surface area contributed by atoms with E-state index in [0.717, 1.165) is 40.4 Å². The molecule has 0 saturated heterocycles. The molecule has 0 aliphatic carbocycles. The molecule has 0 bridgehead atoms. The summed E-state index contributed by atoms with van der Waals surface area (Å²) in [6.07, 6.45) is 0. The maximum absolute atomic E-state index is 5.50. The first kappa shape index (κ1) is 14.9. The topological polar surface area (TPSA) is 39.1 Å². The largest absolute Gasteiger partial charge is 0.494 e. The van der Waals surface area contributed by atoms with Crippen molar-refractivity contribution in [2.24, 2.45) is 0 Å². The number of anilines is 1. The predicted molar refractivity (Wildman–Crippen MR) is 85.3 cm³/mol. The Balaban J connectivity index is 2.10. The van der Waals surface area contributed by atoms with Gasteiger partial charge in [0.05, 0.1) is 29.0 Å². The molecule has 0 aliphatic rings. The number of aromatic nitrogens is 2. The van der Waals surface area contributed by atoms with E-state index in [1.54, 1.807) is 0 Å². The Kier molecular flexibility index (Phi) is 5.06. The number of hydrogen-bond acceptors (Lipinski definition) is 3. The Morgan fingerprint density at radius 2 is 2.15 bits per heavy atom. The normalized spacial score (nSPS) is 10.6. The minimum Gasteiger partial charge on any atom is -0.494 e. The van der Waals surface area contributed by atoms with Gasteiger partial charge in [-0.15, -0.1) is 0 Å². The number of hydrogen-bond donors (Lipinski definition) is 1. The van der Waals surface area contributed by atoms with Crippen LogP contribution in [0.2, 0.25) is 0 Å². The second kappa shape index (κ2) is 6.79. The van der Waals surface area contributed by atoms with Gasteiger partial charge in [0.2, 0.25) is 0 Å². The number of halogens is 1. The van der Waals surface area contributed by atoms with Gasteiger partial charge in [-0.1, -0.05) is 6.07 Å². The monoisotopic (exact) mass is 337 g/mol. The molecule has 2 aromatic rings. The van der Waals surface area contributed by atoms with Crippen LogP contribution < -0.4 is 10.1 Å². The predicted octanol–water partition coefficient (Wildman–Crippen LogP) is 3.98. The molecule has 0 radical (unpaired) electrons. The molecule has 108 valence electrons. The summed E-state index contributed by atoms with van der Waals surface area (Å²) in [7, 11) is 0. The van der Waals surface area contributed by atoms with Crippen LogP contribution in [0.5, 0.6) is 5.75 Å². The Bertz CT molecular complexity index is 580. The van der Waals surface area contributed by atoms with Crippen LogP contribution in [0.1, 0.15) is 25.2 Å². The molecule has 1 N–H and O–H groups in total. The van der Waals surface area contributed by atoms with Crippen molar-refractivity contribution in [1.82, 2.24) is 9.78 Å². The SMILES string of the molecule is CCOc1cccc(NCc2c(Br)c(C)nn2CC)c1. The van der Waals surface area contributed by atoms with Gasteiger partial charge in [0.15, 0.2) is 0 Å². The summed E-state index contributed by atoms with van der Waals surface area (Å²) in [6, 6.07) is 8.00. The summed E-state index contributed by atoms with van der Waals surface area (Å²) in [5, 5.41) is 7.91. The molecule has 0 aliphatic heterocycles. The number of nitrogens with one attached hydrogen (secondary N) is 1. The van der Waals surface area contributed by atoms with Crippen LogP contribution in [0, 0.1) is 6.92 Å². The van der Waals surface area contributed by atoms with Gasteiger partial charge < -0.3 is 10.1 Å². The molecule has 0 fully saturated rings. The summed E-state index contributed by atoms with van der Waals surface area (Å²) < 4.78 is 8.59. The average Bonchev–Trinajstić information content (AvgIpc) is 2.73. The van der Waals surface area contributed by atoms with Crippen molar-refractivity contribution in [3.63, 3.8) is 0 Å². The lowest BCUT2D eigenvalue weighted by Gasteiger charge is -2.10. The molecule has 0 unspecified atom stereocenters. The first-order valence-corrected chi connectivity index (χ1v) is 7.63. The molecule has 0 spiro atoms. The second-order valence-corrected chi connectivity index (χ2v) is 5.27. The van der Waals surface area contributed by atoms with E-state index in [9.17, 15) is 0 Å². The zero-order valence-electron chi connectivity index (χ0n) is 12.1. The molecule has 20 heavy (non-hydrogen) atoms. The summed E-state index contributed by atoms with van der Waals surface area (Å²) >= 11 is 3.61. The fourth-order valence-corrected chi connectivity index (χ4v) is 2.51. The Morgan fingerprint density at radius 1 is 1.35 bits per heavy atom. The van der Waals surface area contributed by atoms with Crippen molar-refractivity contribution < 1.29 is 4.74 Å². The van der Waals surface area contributed by atoms with Crippen LogP contribution in [0.25, 0.3) is 0 Å². The summed E-state index contributed by atoms with van der Waals surface area (Å²) in [4.78, 5) is 0. The molecule has 1 aromatic carbocycles. The third kappa shape index (κ3) is 3.33. The van der Waals surface area contributed by atoms with E-state index in [0.29, 0.717) is 6.61 Å². The van der Waals surface area contributed by atoms with E-state index in [1.807, 2.05) is 42.8 Å². The summed E-state index contributed by atoms with van der Waals surface area (Å²) in [5.74, 6) is 0.886. The third-order valence-corrected chi connectivity index (χ3v) is 4.09. The van der Waals surface area contributed by atoms with E-state index in [2.05, 4.69) is 33.3 Å². The minimum absolute atomic E-state index is 0.677. The lowest BCUT2D eigenvalue weighted by Crippen LogP contribution is -2.08. The van der Waals surface area contributed by atoms with Crippen molar-refractivity contribution in [3.05, 3.63) is 40.1 Å². The highest BCUT2D eigenvalue weighted by atomic mass is 79.9. The highest BCUT2D eigenvalue weighted by Crippen LogP contribution is 2.23. The Labute approximate surface area is 128 Å². The quantitative estimate of drug-likeness (QED) is 0.866. The molecule has 5 heteroatoms. The van der Waals surface area contributed by atoms with Crippen LogP contribution in [0.4, 0.5) is 5.69 Å². The molecular formula is C15H20BrN3O. The van der Waals surface area contributed by atoms with Gasteiger partial charge in [0.25, 0.3) is 0 Å². The van der Waals surface area contributed by atoms with Gasteiger partial charge in [0.1, 0.15) is 5.75 Å². The molecule has 0 saturated carbocycles. The Morgan fingerprint density at radius 3 is 2.85 bits per heavy atom. The van der Waals surface area contributed by atoms with Gasteiger partial charge >= 0.3 is 0 Å². The standard InChI is InChI=1S/C15H20BrN3O/c1-4-19-14(15(16)11(3)18-19)10-17-12-7-6-8-13(9-12)20-5-2/h6-9,17H,4-5,10H2,1-3H3. The van der Waals surface area contributed by atoms with Crippen molar-refractivity contribution in [2.75, 3.05) is 11.9 Å². The summed E-state index contributed by atoms with van der Waals surface area (Å²) in [5.41, 5.74) is 3.22. The van der Waals surface area contributed by atoms with Crippen LogP contribution >= 0.6 is 15.9 Å². The third-order valence-electron chi connectivity index (χ3n) is 3.06. The number of ether oxygens (including phenoxy) is 1. The molecule has 1 heterocycles. The Hall–Kier alpha value is -1.49. The molecule has 1 aromatic heterocycles. The summed E-state index contributed by atoms with van der Waals surface area (Å²) in [6.45, 7) is 8.36. The van der Waals surface area contributed by atoms with Gasteiger partial charge in [-0.05, 0) is 48.8 Å². The van der Waals surface area contributed by atoms with Crippen molar-refractivity contribution >= 4 is 21.6 Å². The van der Waals surface area contributed by atoms with Gasteiger partial charge in [-0.25, -0.2) is 0 Å². The van der Waals surface area contributed by atoms with Crippen LogP contribution in [-0.2, 0) is 13.1 Å². The maximum Gasteiger partial charge on any atom is 0.121 e. The zero-order valence-corrected chi connectivity index (χ0v) is 13.7. The number of aryl methyl sites for hydroxylation is 2. The van der Waals surface area contributed by atoms with Crippen molar-refractivity contribution in [3.8, 4) is 5.75 Å². The lowest BCUT2D eigenvalue weighted by molar-refractivity contribution is 0.340. The number of nitrogens with zero attached hydrogens (tertiary/aromatic N) is 2. The van der Waals surface area contributed by atoms with Gasteiger partial charge in [0, 0.05) is 18.3 Å². The van der Waals surface area contributed by atoms with Crippen LogP contribution in [0.3, 0.4) is 0 Å². The van der Waals surface area contributed by atoms with Crippen molar-refractivity contribution in [2.45, 2.75) is 33.9 Å². The van der Waals surface area contributed by atoms with Crippen molar-refractivity contribution in [1.29, 1.82) is 0 Å². The van der Waals surface area contributed by atoms with Gasteiger partial charge in [-0.2, -0.15) is 5.10 Å². The molecule has 4 nitrogen and oxygen atoms in total. The van der Waals surface area contributed by atoms with E-state index in [4.69, 9.17) is 4.74 Å². The average molecular weight is 338 g/mol. The first-order valence-electron chi connectivity index (χ1n) is 6.84. The highest BCUT2D eigenvalue weighted by molar-refractivity contribution is 9.10. The number of rotatable bonds is 6. The van der Waals surface area contributed by atoms with Crippen LogP contribution in [-0.4, -0.2) is 16.4 Å². The maximum atomic E-state index is 5.50.